The van der Waals surface area contributed by atoms with Crippen molar-refractivity contribution in [3.63, 3.8) is 0 Å². The lowest BCUT2D eigenvalue weighted by molar-refractivity contribution is 0.0681. The van der Waals surface area contributed by atoms with Gasteiger partial charge in [-0.25, -0.2) is 0 Å². The van der Waals surface area contributed by atoms with Crippen LogP contribution in [0, 0.1) is 0 Å². The van der Waals surface area contributed by atoms with Gasteiger partial charge in [0.2, 0.25) is 5.56 Å². The fraction of sp³-hybridized carbons (Fsp3) is 0.222. The lowest BCUT2D eigenvalue weighted by atomic mass is 9.99. The molecule has 0 radical (unpaired) electrons. The summed E-state index contributed by atoms with van der Waals surface area (Å²) < 4.78 is 0. The molecule has 0 saturated heterocycles. The number of H-pyrrole nitrogens is 1. The standard InChI is InChI=1S/C18H16N2O2S/c1-11-12-7-9-23-16(12)6-8-20(11)18(22)14-10-17(21)19-15-5-3-2-4-13(14)15/h2-5,7,9-11H,6,8H2,1H3,(H,19,21)/t11-/m0/s1. The summed E-state index contributed by atoms with van der Waals surface area (Å²) in [5.41, 5.74) is 2.16. The SMILES string of the molecule is C[C@H]1c2ccsc2CCN1C(=O)c1cc(=O)[nH]c2ccccc12. The van der Waals surface area contributed by atoms with Crippen LogP contribution in [0.4, 0.5) is 0 Å². The number of amides is 1. The number of benzene rings is 1. The number of rotatable bonds is 1. The second-order valence-corrected chi connectivity index (χ2v) is 6.82. The molecule has 1 amide bonds. The van der Waals surface area contributed by atoms with Crippen molar-refractivity contribution in [3.8, 4) is 0 Å². The van der Waals surface area contributed by atoms with Crippen molar-refractivity contribution in [2.75, 3.05) is 6.54 Å². The topological polar surface area (TPSA) is 53.2 Å². The predicted molar refractivity (Wildman–Crippen MR) is 92.0 cm³/mol. The Morgan fingerprint density at radius 3 is 3.00 bits per heavy atom. The number of hydrogen-bond donors (Lipinski definition) is 1. The monoisotopic (exact) mass is 324 g/mol. The minimum Gasteiger partial charge on any atom is -0.331 e. The van der Waals surface area contributed by atoms with Crippen molar-refractivity contribution in [1.82, 2.24) is 9.88 Å². The van der Waals surface area contributed by atoms with Gasteiger partial charge in [-0.15, -0.1) is 11.3 Å². The van der Waals surface area contributed by atoms with E-state index < -0.39 is 0 Å². The van der Waals surface area contributed by atoms with Crippen molar-refractivity contribution >= 4 is 28.1 Å². The maximum absolute atomic E-state index is 13.1. The Kier molecular flexibility index (Phi) is 3.31. The maximum Gasteiger partial charge on any atom is 0.255 e. The zero-order valence-electron chi connectivity index (χ0n) is 12.7. The van der Waals surface area contributed by atoms with Crippen LogP contribution in [0.15, 0.2) is 46.6 Å². The molecule has 0 unspecified atom stereocenters. The molecule has 0 spiro atoms. The summed E-state index contributed by atoms with van der Waals surface area (Å²) in [6.45, 7) is 2.74. The van der Waals surface area contributed by atoms with Gasteiger partial charge in [-0.1, -0.05) is 18.2 Å². The van der Waals surface area contributed by atoms with Crippen LogP contribution in [0.5, 0.6) is 0 Å². The van der Waals surface area contributed by atoms with Crippen LogP contribution in [0.2, 0.25) is 0 Å². The minimum absolute atomic E-state index is 0.0375. The molecule has 0 fully saturated rings. The third-order valence-corrected chi connectivity index (χ3v) is 5.52. The van der Waals surface area contributed by atoms with Crippen LogP contribution in [0.25, 0.3) is 10.9 Å². The molecule has 4 nitrogen and oxygen atoms in total. The highest BCUT2D eigenvalue weighted by molar-refractivity contribution is 7.10. The second-order valence-electron chi connectivity index (χ2n) is 5.82. The molecule has 23 heavy (non-hydrogen) atoms. The number of aromatic nitrogens is 1. The lowest BCUT2D eigenvalue weighted by Crippen LogP contribution is -2.38. The average Bonchev–Trinajstić information content (AvgIpc) is 3.03. The normalized spacial score (nSPS) is 17.3. The van der Waals surface area contributed by atoms with E-state index in [1.54, 1.807) is 11.3 Å². The fourth-order valence-corrected chi connectivity index (χ4v) is 4.29. The van der Waals surface area contributed by atoms with E-state index in [2.05, 4.69) is 23.4 Å². The van der Waals surface area contributed by atoms with Crippen molar-refractivity contribution in [2.24, 2.45) is 0 Å². The number of para-hydroxylation sites is 1. The smallest absolute Gasteiger partial charge is 0.255 e. The first kappa shape index (κ1) is 14.2. The molecular formula is C18H16N2O2S. The Labute approximate surface area is 137 Å². The van der Waals surface area contributed by atoms with E-state index in [-0.39, 0.29) is 17.5 Å². The first-order valence-electron chi connectivity index (χ1n) is 7.64. The summed E-state index contributed by atoms with van der Waals surface area (Å²) in [7, 11) is 0. The second kappa shape index (κ2) is 5.35. The van der Waals surface area contributed by atoms with Gasteiger partial charge in [0.15, 0.2) is 0 Å². The molecule has 0 saturated carbocycles. The summed E-state index contributed by atoms with van der Waals surface area (Å²) >= 11 is 1.75. The molecule has 0 aliphatic carbocycles. The largest absolute Gasteiger partial charge is 0.331 e. The molecular weight excluding hydrogens is 308 g/mol. The Morgan fingerprint density at radius 1 is 1.30 bits per heavy atom. The minimum atomic E-state index is -0.243. The van der Waals surface area contributed by atoms with E-state index in [1.165, 1.54) is 16.5 Å². The number of fused-ring (bicyclic) bond motifs is 2. The van der Waals surface area contributed by atoms with Crippen molar-refractivity contribution in [1.29, 1.82) is 0 Å². The van der Waals surface area contributed by atoms with E-state index in [9.17, 15) is 9.59 Å². The van der Waals surface area contributed by atoms with Gasteiger partial charge >= 0.3 is 0 Å². The average molecular weight is 324 g/mol. The van der Waals surface area contributed by atoms with Crippen molar-refractivity contribution < 1.29 is 4.79 Å². The molecule has 3 aromatic rings. The highest BCUT2D eigenvalue weighted by Crippen LogP contribution is 2.34. The zero-order valence-corrected chi connectivity index (χ0v) is 13.5. The molecule has 4 rings (SSSR count). The molecule has 116 valence electrons. The van der Waals surface area contributed by atoms with Crippen LogP contribution in [0.1, 0.15) is 33.8 Å². The summed E-state index contributed by atoms with van der Waals surface area (Å²) in [5.74, 6) is -0.0725. The number of hydrogen-bond acceptors (Lipinski definition) is 3. The van der Waals surface area contributed by atoms with Crippen LogP contribution in [-0.4, -0.2) is 22.3 Å². The molecule has 1 atom stereocenters. The van der Waals surface area contributed by atoms with Gasteiger partial charge < -0.3 is 9.88 Å². The number of nitrogens with zero attached hydrogens (tertiary/aromatic N) is 1. The number of nitrogens with one attached hydrogen (secondary N) is 1. The molecule has 1 aromatic carbocycles. The van der Waals surface area contributed by atoms with Gasteiger partial charge in [0, 0.05) is 28.4 Å². The number of aromatic amines is 1. The Morgan fingerprint density at radius 2 is 2.13 bits per heavy atom. The third kappa shape index (κ3) is 2.28. The molecule has 2 aromatic heterocycles. The molecule has 1 aliphatic rings. The molecule has 1 aliphatic heterocycles. The predicted octanol–water partition coefficient (Wildman–Crippen LogP) is 3.35. The summed E-state index contributed by atoms with van der Waals surface area (Å²) in [6, 6.07) is 11.0. The summed E-state index contributed by atoms with van der Waals surface area (Å²) in [4.78, 5) is 31.0. The molecule has 3 heterocycles. The molecule has 1 N–H and O–H groups in total. The van der Waals surface area contributed by atoms with E-state index >= 15 is 0 Å². The maximum atomic E-state index is 13.1. The first-order valence-corrected chi connectivity index (χ1v) is 8.52. The highest BCUT2D eigenvalue weighted by atomic mass is 32.1. The van der Waals surface area contributed by atoms with Gasteiger partial charge in [-0.3, -0.25) is 9.59 Å². The van der Waals surface area contributed by atoms with E-state index in [4.69, 9.17) is 0 Å². The number of pyridine rings is 1. The zero-order chi connectivity index (χ0) is 16.0. The Balaban J connectivity index is 1.80. The van der Waals surface area contributed by atoms with Crippen LogP contribution in [-0.2, 0) is 6.42 Å². The van der Waals surface area contributed by atoms with Crippen LogP contribution in [0.3, 0.4) is 0 Å². The number of carbonyl (C=O) groups is 1. The van der Waals surface area contributed by atoms with E-state index in [0.717, 1.165) is 11.8 Å². The highest BCUT2D eigenvalue weighted by Gasteiger charge is 2.29. The van der Waals surface area contributed by atoms with Gasteiger partial charge in [0.05, 0.1) is 11.6 Å². The van der Waals surface area contributed by atoms with Crippen LogP contribution >= 0.6 is 11.3 Å². The van der Waals surface area contributed by atoms with Gasteiger partial charge in [-0.05, 0) is 36.4 Å². The van der Waals surface area contributed by atoms with E-state index in [0.29, 0.717) is 17.6 Å². The van der Waals surface area contributed by atoms with Crippen molar-refractivity contribution in [3.05, 3.63) is 68.1 Å². The summed E-state index contributed by atoms with van der Waals surface area (Å²) in [6.07, 6.45) is 0.879. The lowest BCUT2D eigenvalue weighted by Gasteiger charge is -2.34. The van der Waals surface area contributed by atoms with Crippen LogP contribution < -0.4 is 5.56 Å². The number of carbonyl (C=O) groups excluding carboxylic acids is 1. The van der Waals surface area contributed by atoms with Gasteiger partial charge in [0.1, 0.15) is 0 Å². The Bertz CT molecular complexity index is 957. The number of thiophene rings is 1. The van der Waals surface area contributed by atoms with E-state index in [1.807, 2.05) is 29.2 Å². The fourth-order valence-electron chi connectivity index (χ4n) is 3.32. The first-order chi connectivity index (χ1) is 11.1. The van der Waals surface area contributed by atoms with Gasteiger partial charge in [-0.2, -0.15) is 0 Å². The summed E-state index contributed by atoms with van der Waals surface area (Å²) in [5, 5.41) is 2.87. The Hall–Kier alpha value is -2.40. The quantitative estimate of drug-likeness (QED) is 0.746. The van der Waals surface area contributed by atoms with Crippen molar-refractivity contribution in [2.45, 2.75) is 19.4 Å². The molecule has 0 bridgehead atoms. The molecule has 5 heteroatoms. The third-order valence-electron chi connectivity index (χ3n) is 4.52. The van der Waals surface area contributed by atoms with Gasteiger partial charge in [0.25, 0.3) is 5.91 Å².